The van der Waals surface area contributed by atoms with E-state index in [0.717, 1.165) is 4.88 Å². The molecule has 3 nitrogen and oxygen atoms in total. The second kappa shape index (κ2) is 5.42. The molecular weight excluding hydrogens is 232 g/mol. The van der Waals surface area contributed by atoms with Crippen LogP contribution in [-0.4, -0.2) is 20.5 Å². The zero-order chi connectivity index (χ0) is 11.4. The maximum Gasteiger partial charge on any atom is 0.319 e. The van der Waals surface area contributed by atoms with Crippen LogP contribution < -0.4 is 0 Å². The number of carboxylic acids is 1. The van der Waals surface area contributed by atoms with Crippen molar-refractivity contribution in [2.75, 3.05) is 0 Å². The third-order valence-corrected chi connectivity index (χ3v) is 4.96. The van der Waals surface area contributed by atoms with Crippen molar-refractivity contribution in [2.45, 2.75) is 24.9 Å². The van der Waals surface area contributed by atoms with Crippen LogP contribution in [0.2, 0.25) is 0 Å². The fourth-order valence-electron chi connectivity index (χ4n) is 1.33. The predicted molar refractivity (Wildman–Crippen MR) is 62.4 cm³/mol. The largest absolute Gasteiger partial charge is 0.480 e. The third kappa shape index (κ3) is 3.43. The lowest BCUT2D eigenvalue weighted by atomic mass is 10.1. The topological polar surface area (TPSA) is 54.4 Å². The molecule has 0 bridgehead atoms. The molecule has 0 saturated heterocycles. The van der Waals surface area contributed by atoms with Gasteiger partial charge in [0.25, 0.3) is 0 Å². The normalized spacial score (nSPS) is 15.1. The first kappa shape index (κ1) is 12.4. The van der Waals surface area contributed by atoms with Gasteiger partial charge in [-0.3, -0.25) is 9.00 Å². The Labute approximate surface area is 95.6 Å². The highest BCUT2D eigenvalue weighted by Crippen LogP contribution is 2.17. The van der Waals surface area contributed by atoms with Gasteiger partial charge in [-0.25, -0.2) is 0 Å². The molecule has 5 heteroatoms. The van der Waals surface area contributed by atoms with Gasteiger partial charge in [0.15, 0.2) is 0 Å². The van der Waals surface area contributed by atoms with Crippen molar-refractivity contribution in [3.63, 3.8) is 0 Å². The minimum atomic E-state index is -1.34. The van der Waals surface area contributed by atoms with Crippen LogP contribution in [0.5, 0.6) is 0 Å². The lowest BCUT2D eigenvalue weighted by Gasteiger charge is -2.14. The molecule has 0 saturated carbocycles. The summed E-state index contributed by atoms with van der Waals surface area (Å²) < 4.78 is 11.8. The zero-order valence-electron chi connectivity index (χ0n) is 8.67. The van der Waals surface area contributed by atoms with E-state index in [9.17, 15) is 9.00 Å². The minimum Gasteiger partial charge on any atom is -0.480 e. The molecule has 15 heavy (non-hydrogen) atoms. The van der Waals surface area contributed by atoms with Crippen LogP contribution in [0.4, 0.5) is 0 Å². The Morgan fingerprint density at radius 2 is 2.27 bits per heavy atom. The van der Waals surface area contributed by atoms with Crippen molar-refractivity contribution in [1.82, 2.24) is 0 Å². The summed E-state index contributed by atoms with van der Waals surface area (Å²) in [7, 11) is -1.34. The van der Waals surface area contributed by atoms with Gasteiger partial charge < -0.3 is 5.11 Å². The molecule has 0 aliphatic heterocycles. The minimum absolute atomic E-state index is 0.108. The van der Waals surface area contributed by atoms with Crippen molar-refractivity contribution < 1.29 is 14.1 Å². The molecule has 1 N–H and O–H groups in total. The summed E-state index contributed by atoms with van der Waals surface area (Å²) in [5.74, 6) is -0.740. The Morgan fingerprint density at radius 1 is 1.60 bits per heavy atom. The molecule has 0 spiro atoms. The molecule has 0 amide bonds. The lowest BCUT2D eigenvalue weighted by molar-refractivity contribution is -0.137. The molecule has 0 fully saturated rings. The molecule has 2 unspecified atom stereocenters. The molecule has 0 aromatic carbocycles. The summed E-state index contributed by atoms with van der Waals surface area (Å²) in [6.07, 6.45) is 0. The van der Waals surface area contributed by atoms with Crippen molar-refractivity contribution in [3.8, 4) is 0 Å². The molecule has 0 aliphatic rings. The van der Waals surface area contributed by atoms with Crippen LogP contribution in [-0.2, 0) is 21.3 Å². The molecule has 0 aliphatic carbocycles. The van der Waals surface area contributed by atoms with Gasteiger partial charge in [-0.15, -0.1) is 11.3 Å². The van der Waals surface area contributed by atoms with Gasteiger partial charge in [-0.1, -0.05) is 19.9 Å². The molecule has 84 valence electrons. The van der Waals surface area contributed by atoms with Gasteiger partial charge in [0.05, 0.1) is 5.75 Å². The molecule has 1 aromatic heterocycles. The van der Waals surface area contributed by atoms with E-state index in [-0.39, 0.29) is 5.92 Å². The van der Waals surface area contributed by atoms with Crippen LogP contribution in [0, 0.1) is 5.92 Å². The summed E-state index contributed by atoms with van der Waals surface area (Å²) >= 11 is 1.51. The quantitative estimate of drug-likeness (QED) is 0.865. The average Bonchev–Trinajstić information content (AvgIpc) is 2.54. The highest BCUT2D eigenvalue weighted by molar-refractivity contribution is 7.85. The van der Waals surface area contributed by atoms with Crippen molar-refractivity contribution >= 4 is 28.1 Å². The Kier molecular flexibility index (Phi) is 4.47. The number of thiophene rings is 1. The number of aliphatic carboxylic acids is 1. The molecule has 1 aromatic rings. The van der Waals surface area contributed by atoms with Crippen molar-refractivity contribution in [3.05, 3.63) is 22.4 Å². The smallest absolute Gasteiger partial charge is 0.319 e. The summed E-state index contributed by atoms with van der Waals surface area (Å²) in [6.45, 7) is 3.57. The van der Waals surface area contributed by atoms with Gasteiger partial charge in [0.1, 0.15) is 5.25 Å². The lowest BCUT2D eigenvalue weighted by Crippen LogP contribution is -2.31. The van der Waals surface area contributed by atoms with E-state index in [0.29, 0.717) is 5.75 Å². The summed E-state index contributed by atoms with van der Waals surface area (Å²) in [5, 5.41) is 10.1. The SMILES string of the molecule is CC(C)C(C(=O)O)S(=O)Cc1cccs1. The Bertz CT molecular complexity index is 344. The number of carbonyl (C=O) groups is 1. The van der Waals surface area contributed by atoms with Gasteiger partial charge in [-0.2, -0.15) is 0 Å². The summed E-state index contributed by atoms with van der Waals surface area (Å²) in [4.78, 5) is 11.9. The van der Waals surface area contributed by atoms with Crippen molar-refractivity contribution in [2.24, 2.45) is 5.92 Å². The number of carboxylic acid groups (broad SMARTS) is 1. The van der Waals surface area contributed by atoms with E-state index >= 15 is 0 Å². The van der Waals surface area contributed by atoms with E-state index in [1.807, 2.05) is 17.5 Å². The molecule has 1 rings (SSSR count). The number of rotatable bonds is 5. The highest BCUT2D eigenvalue weighted by Gasteiger charge is 2.28. The van der Waals surface area contributed by atoms with E-state index in [1.165, 1.54) is 11.3 Å². The summed E-state index contributed by atoms with van der Waals surface area (Å²) in [6, 6.07) is 3.75. The third-order valence-electron chi connectivity index (χ3n) is 2.00. The van der Waals surface area contributed by atoms with Crippen LogP contribution in [0.3, 0.4) is 0 Å². The fourth-order valence-corrected chi connectivity index (χ4v) is 3.82. The van der Waals surface area contributed by atoms with E-state index < -0.39 is 22.0 Å². The first-order chi connectivity index (χ1) is 7.02. The zero-order valence-corrected chi connectivity index (χ0v) is 10.3. The molecule has 1 heterocycles. The maximum atomic E-state index is 11.8. The molecular formula is C10H14O3S2. The van der Waals surface area contributed by atoms with E-state index in [4.69, 9.17) is 5.11 Å². The summed E-state index contributed by atoms with van der Waals surface area (Å²) in [5.41, 5.74) is 0. The Balaban J connectivity index is 2.69. The van der Waals surface area contributed by atoms with Gasteiger partial charge in [0, 0.05) is 15.7 Å². The maximum absolute atomic E-state index is 11.8. The average molecular weight is 246 g/mol. The first-order valence-electron chi connectivity index (χ1n) is 4.64. The van der Waals surface area contributed by atoms with Crippen LogP contribution in [0.1, 0.15) is 18.7 Å². The van der Waals surface area contributed by atoms with Gasteiger partial charge in [0.2, 0.25) is 0 Å². The van der Waals surface area contributed by atoms with Crippen molar-refractivity contribution in [1.29, 1.82) is 0 Å². The van der Waals surface area contributed by atoms with Crippen LogP contribution in [0.25, 0.3) is 0 Å². The Morgan fingerprint density at radius 3 is 2.67 bits per heavy atom. The van der Waals surface area contributed by atoms with Gasteiger partial charge >= 0.3 is 5.97 Å². The second-order valence-corrected chi connectivity index (χ2v) is 6.20. The monoisotopic (exact) mass is 246 g/mol. The first-order valence-corrected chi connectivity index (χ1v) is 6.91. The highest BCUT2D eigenvalue weighted by atomic mass is 32.2. The fraction of sp³-hybridized carbons (Fsp3) is 0.500. The Hall–Kier alpha value is -0.680. The standard InChI is InChI=1S/C10H14O3S2/c1-7(2)9(10(11)12)15(13)6-8-4-3-5-14-8/h3-5,7,9H,6H2,1-2H3,(H,11,12). The van der Waals surface area contributed by atoms with E-state index in [2.05, 4.69) is 0 Å². The van der Waals surface area contributed by atoms with Crippen LogP contribution in [0.15, 0.2) is 17.5 Å². The second-order valence-electron chi connectivity index (χ2n) is 3.61. The number of hydrogen-bond donors (Lipinski definition) is 1. The van der Waals surface area contributed by atoms with E-state index in [1.54, 1.807) is 13.8 Å². The predicted octanol–water partition coefficient (Wildman–Crippen LogP) is 2.11. The van der Waals surface area contributed by atoms with Gasteiger partial charge in [-0.05, 0) is 17.4 Å². The number of hydrogen-bond acceptors (Lipinski definition) is 3. The molecule has 0 radical (unpaired) electrons. The molecule has 2 atom stereocenters. The van der Waals surface area contributed by atoms with Crippen LogP contribution >= 0.6 is 11.3 Å².